The number of carbonyl (C=O) groups excluding carboxylic acids is 2. The zero-order chi connectivity index (χ0) is 16.5. The van der Waals surface area contributed by atoms with Gasteiger partial charge in [-0.1, -0.05) is 13.3 Å². The van der Waals surface area contributed by atoms with Crippen molar-refractivity contribution in [3.63, 3.8) is 0 Å². The van der Waals surface area contributed by atoms with Crippen LogP contribution < -0.4 is 16.2 Å². The number of hydrazine groups is 1. The summed E-state index contributed by atoms with van der Waals surface area (Å²) in [6.45, 7) is 1.97. The van der Waals surface area contributed by atoms with E-state index < -0.39 is 10.8 Å². The topological polar surface area (TPSA) is 113 Å². The molecule has 0 aromatic heterocycles. The van der Waals surface area contributed by atoms with Crippen LogP contribution in [-0.4, -0.2) is 21.9 Å². The Morgan fingerprint density at radius 1 is 1.23 bits per heavy atom. The normalized spacial score (nSPS) is 9.68. The lowest BCUT2D eigenvalue weighted by Crippen LogP contribution is -2.48. The van der Waals surface area contributed by atoms with Gasteiger partial charge in [0.1, 0.15) is 0 Å². The molecule has 0 radical (unpaired) electrons. The Bertz CT molecular complexity index is 574. The van der Waals surface area contributed by atoms with Crippen LogP contribution >= 0.6 is 12.2 Å². The third-order valence-corrected chi connectivity index (χ3v) is 2.84. The molecule has 0 fully saturated rings. The molecule has 0 saturated carbocycles. The van der Waals surface area contributed by atoms with Crippen molar-refractivity contribution in [3.05, 3.63) is 39.9 Å². The van der Waals surface area contributed by atoms with Crippen molar-refractivity contribution in [1.82, 2.24) is 16.2 Å². The van der Waals surface area contributed by atoms with Crippen LogP contribution in [0.25, 0.3) is 0 Å². The maximum absolute atomic E-state index is 11.8. The minimum atomic E-state index is -0.555. The number of rotatable bonds is 5. The van der Waals surface area contributed by atoms with Crippen molar-refractivity contribution < 1.29 is 14.5 Å². The number of nitro benzene ring substituents is 1. The highest BCUT2D eigenvalue weighted by atomic mass is 32.1. The standard InChI is InChI=1S/C13H16N4O4S/c1-2-3-4-11(18)14-13(22)16-15-12(19)9-5-7-10(8-6-9)17(20)21/h5-8H,2-4H2,1H3,(H,15,19)(H2,14,16,18,22). The number of amides is 2. The molecule has 0 unspecified atom stereocenters. The third kappa shape index (κ3) is 5.83. The highest BCUT2D eigenvalue weighted by Gasteiger charge is 2.10. The Labute approximate surface area is 132 Å². The highest BCUT2D eigenvalue weighted by molar-refractivity contribution is 7.80. The SMILES string of the molecule is CCCCC(=O)NC(=S)NNC(=O)c1ccc([N+](=O)[O-])cc1. The summed E-state index contributed by atoms with van der Waals surface area (Å²) in [6, 6.07) is 5.08. The fourth-order valence-corrected chi connectivity index (χ4v) is 1.64. The monoisotopic (exact) mass is 324 g/mol. The Hall–Kier alpha value is -2.55. The maximum Gasteiger partial charge on any atom is 0.269 e. The first kappa shape index (κ1) is 17.5. The number of nitrogens with one attached hydrogen (secondary N) is 3. The van der Waals surface area contributed by atoms with Crippen LogP contribution in [0.3, 0.4) is 0 Å². The summed E-state index contributed by atoms with van der Waals surface area (Å²) >= 11 is 4.86. The zero-order valence-corrected chi connectivity index (χ0v) is 12.7. The molecule has 1 aromatic carbocycles. The van der Waals surface area contributed by atoms with E-state index in [2.05, 4.69) is 16.2 Å². The molecular weight excluding hydrogens is 308 g/mol. The van der Waals surface area contributed by atoms with Crippen LogP contribution in [0.2, 0.25) is 0 Å². The molecule has 8 nitrogen and oxygen atoms in total. The van der Waals surface area contributed by atoms with Gasteiger partial charge in [0.05, 0.1) is 4.92 Å². The molecule has 22 heavy (non-hydrogen) atoms. The molecule has 0 saturated heterocycles. The van der Waals surface area contributed by atoms with Gasteiger partial charge in [-0.25, -0.2) is 0 Å². The number of benzene rings is 1. The van der Waals surface area contributed by atoms with E-state index in [-0.39, 0.29) is 22.3 Å². The molecule has 0 bridgehead atoms. The third-order valence-electron chi connectivity index (χ3n) is 2.64. The lowest BCUT2D eigenvalue weighted by molar-refractivity contribution is -0.384. The first-order chi connectivity index (χ1) is 10.4. The van der Waals surface area contributed by atoms with Crippen molar-refractivity contribution in [2.24, 2.45) is 0 Å². The Morgan fingerprint density at radius 2 is 1.86 bits per heavy atom. The molecule has 1 aromatic rings. The van der Waals surface area contributed by atoms with E-state index in [0.717, 1.165) is 12.8 Å². The fourth-order valence-electron chi connectivity index (χ4n) is 1.48. The van der Waals surface area contributed by atoms with E-state index in [4.69, 9.17) is 12.2 Å². The molecule has 0 spiro atoms. The van der Waals surface area contributed by atoms with Gasteiger partial charge < -0.3 is 5.32 Å². The summed E-state index contributed by atoms with van der Waals surface area (Å²) < 4.78 is 0. The number of carbonyl (C=O) groups is 2. The molecular formula is C13H16N4O4S. The molecule has 0 aliphatic rings. The summed E-state index contributed by atoms with van der Waals surface area (Å²) in [7, 11) is 0. The summed E-state index contributed by atoms with van der Waals surface area (Å²) in [5.74, 6) is -0.760. The second-order valence-electron chi connectivity index (χ2n) is 4.36. The number of hydrogen-bond donors (Lipinski definition) is 3. The maximum atomic E-state index is 11.8. The van der Waals surface area contributed by atoms with Gasteiger partial charge in [0.25, 0.3) is 11.6 Å². The number of hydrogen-bond acceptors (Lipinski definition) is 5. The summed E-state index contributed by atoms with van der Waals surface area (Å²) in [6.07, 6.45) is 2.00. The molecule has 0 aliphatic carbocycles. The zero-order valence-electron chi connectivity index (χ0n) is 11.9. The van der Waals surface area contributed by atoms with E-state index >= 15 is 0 Å². The molecule has 118 valence electrons. The predicted molar refractivity (Wildman–Crippen MR) is 84.0 cm³/mol. The number of nitro groups is 1. The molecule has 9 heteroatoms. The minimum absolute atomic E-state index is 0.0173. The van der Waals surface area contributed by atoms with Crippen LogP contribution in [0.1, 0.15) is 36.5 Å². The summed E-state index contributed by atoms with van der Waals surface area (Å²) in [5, 5.41) is 12.9. The average molecular weight is 324 g/mol. The van der Waals surface area contributed by atoms with E-state index in [1.165, 1.54) is 24.3 Å². The van der Waals surface area contributed by atoms with Gasteiger partial charge in [-0.2, -0.15) is 0 Å². The Morgan fingerprint density at radius 3 is 2.41 bits per heavy atom. The first-order valence-corrected chi connectivity index (χ1v) is 6.99. The molecule has 2 amide bonds. The first-order valence-electron chi connectivity index (χ1n) is 6.58. The minimum Gasteiger partial charge on any atom is -0.302 e. The van der Waals surface area contributed by atoms with Crippen LogP contribution in [0.4, 0.5) is 5.69 Å². The van der Waals surface area contributed by atoms with Crippen molar-refractivity contribution in [1.29, 1.82) is 0 Å². The largest absolute Gasteiger partial charge is 0.302 e. The van der Waals surface area contributed by atoms with Gasteiger partial charge in [0.2, 0.25) is 5.91 Å². The Kier molecular flexibility index (Phi) is 6.90. The van der Waals surface area contributed by atoms with Crippen LogP contribution in [0, 0.1) is 10.1 Å². The van der Waals surface area contributed by atoms with E-state index in [0.29, 0.717) is 6.42 Å². The average Bonchev–Trinajstić information content (AvgIpc) is 2.50. The highest BCUT2D eigenvalue weighted by Crippen LogP contribution is 2.11. The van der Waals surface area contributed by atoms with Gasteiger partial charge in [-0.05, 0) is 30.8 Å². The number of nitrogens with zero attached hydrogens (tertiary/aromatic N) is 1. The lowest BCUT2D eigenvalue weighted by Gasteiger charge is -2.10. The van der Waals surface area contributed by atoms with E-state index in [1.54, 1.807) is 0 Å². The second kappa shape index (κ2) is 8.67. The number of unbranched alkanes of at least 4 members (excludes halogenated alkanes) is 1. The van der Waals surface area contributed by atoms with Gasteiger partial charge in [-0.3, -0.25) is 30.6 Å². The van der Waals surface area contributed by atoms with Gasteiger partial charge in [0.15, 0.2) is 5.11 Å². The number of thiocarbonyl (C=S) groups is 1. The lowest BCUT2D eigenvalue weighted by atomic mass is 10.2. The van der Waals surface area contributed by atoms with Crippen molar-refractivity contribution in [2.45, 2.75) is 26.2 Å². The second-order valence-corrected chi connectivity index (χ2v) is 4.77. The fraction of sp³-hybridized carbons (Fsp3) is 0.308. The number of non-ortho nitro benzene ring substituents is 1. The van der Waals surface area contributed by atoms with Crippen molar-refractivity contribution in [2.75, 3.05) is 0 Å². The summed E-state index contributed by atoms with van der Waals surface area (Å²) in [5.41, 5.74) is 4.80. The van der Waals surface area contributed by atoms with Gasteiger partial charge >= 0.3 is 0 Å². The molecule has 1 rings (SSSR count). The smallest absolute Gasteiger partial charge is 0.269 e. The van der Waals surface area contributed by atoms with Crippen LogP contribution in [-0.2, 0) is 4.79 Å². The van der Waals surface area contributed by atoms with Gasteiger partial charge in [0, 0.05) is 24.1 Å². The molecule has 0 aliphatic heterocycles. The molecule has 0 atom stereocenters. The molecule has 0 heterocycles. The van der Waals surface area contributed by atoms with Crippen LogP contribution in [0.15, 0.2) is 24.3 Å². The predicted octanol–water partition coefficient (Wildman–Crippen LogP) is 1.42. The van der Waals surface area contributed by atoms with Crippen molar-refractivity contribution >= 4 is 34.8 Å². The van der Waals surface area contributed by atoms with Crippen LogP contribution in [0.5, 0.6) is 0 Å². The Balaban J connectivity index is 2.43. The summed E-state index contributed by atoms with van der Waals surface area (Å²) in [4.78, 5) is 33.1. The van der Waals surface area contributed by atoms with Gasteiger partial charge in [-0.15, -0.1) is 0 Å². The van der Waals surface area contributed by atoms with E-state index in [9.17, 15) is 19.7 Å². The van der Waals surface area contributed by atoms with Crippen molar-refractivity contribution in [3.8, 4) is 0 Å². The quantitative estimate of drug-likeness (QED) is 0.429. The van der Waals surface area contributed by atoms with E-state index in [1.807, 2.05) is 6.92 Å². The molecule has 3 N–H and O–H groups in total.